The highest BCUT2D eigenvalue weighted by atomic mass is 79.9. The van der Waals surface area contributed by atoms with Crippen LogP contribution in [0, 0.1) is 23.7 Å². The highest BCUT2D eigenvalue weighted by Gasteiger charge is 2.57. The first-order valence-corrected chi connectivity index (χ1v) is 16.1. The number of carboxylic acids is 1. The van der Waals surface area contributed by atoms with Crippen molar-refractivity contribution in [2.75, 3.05) is 6.54 Å². The van der Waals surface area contributed by atoms with E-state index in [1.807, 2.05) is 12.1 Å². The molecule has 1 aromatic rings. The zero-order valence-corrected chi connectivity index (χ0v) is 26.4. The van der Waals surface area contributed by atoms with E-state index in [0.717, 1.165) is 34.0 Å². The van der Waals surface area contributed by atoms with Gasteiger partial charge in [-0.2, -0.15) is 0 Å². The van der Waals surface area contributed by atoms with E-state index in [0.29, 0.717) is 45.1 Å². The van der Waals surface area contributed by atoms with Gasteiger partial charge in [-0.25, -0.2) is 0 Å². The first-order valence-electron chi connectivity index (χ1n) is 15.3. The molecule has 0 radical (unpaired) electrons. The van der Waals surface area contributed by atoms with E-state index in [1.54, 1.807) is 12.1 Å². The number of aliphatic carboxylic acids is 1. The molecule has 2 heterocycles. The monoisotopic (exact) mass is 643 g/mol. The summed E-state index contributed by atoms with van der Waals surface area (Å²) in [6.45, 7) is 6.65. The van der Waals surface area contributed by atoms with Gasteiger partial charge in [0, 0.05) is 23.0 Å². The Kier molecular flexibility index (Phi) is 11.1. The van der Waals surface area contributed by atoms with E-state index in [2.05, 4.69) is 36.7 Å². The zero-order chi connectivity index (χ0) is 30.6. The summed E-state index contributed by atoms with van der Waals surface area (Å²) in [6, 6.07) is 5.36. The summed E-state index contributed by atoms with van der Waals surface area (Å²) in [5, 5.41) is 30.1. The number of amides is 2. The number of phenolic OH excluding ortho intramolecular Hbond substituents is 1. The summed E-state index contributed by atoms with van der Waals surface area (Å²) in [5.41, 5.74) is 4.17. The number of carboxylic acid groups (broad SMARTS) is 1. The average Bonchev–Trinajstić information content (AvgIpc) is 3.17. The average molecular weight is 644 g/mol. The number of halogens is 1. The molecule has 1 aromatic carbocycles. The van der Waals surface area contributed by atoms with Crippen molar-refractivity contribution in [2.24, 2.45) is 23.7 Å². The van der Waals surface area contributed by atoms with Gasteiger partial charge in [0.25, 0.3) is 0 Å². The fourth-order valence-corrected chi connectivity index (χ4v) is 7.40. The van der Waals surface area contributed by atoms with Crippen LogP contribution in [0.15, 0.2) is 39.4 Å². The molecule has 1 aliphatic carbocycles. The second kappa shape index (κ2) is 14.4. The number of allylic oxidation sites excluding steroid dienone is 2. The molecular weight excluding hydrogens is 601 g/mol. The summed E-state index contributed by atoms with van der Waals surface area (Å²) in [4.78, 5) is 39.4. The molecule has 0 aromatic heterocycles. The fourth-order valence-electron chi connectivity index (χ4n) is 7.03. The Balaban J connectivity index is 1.56. The number of carbonyl (C=O) groups excluding carboxylic acids is 2. The number of rotatable bonds is 13. The van der Waals surface area contributed by atoms with E-state index in [9.17, 15) is 24.5 Å². The van der Waals surface area contributed by atoms with Crippen LogP contribution in [0.4, 0.5) is 0 Å². The van der Waals surface area contributed by atoms with Crippen molar-refractivity contribution in [1.29, 1.82) is 0 Å². The van der Waals surface area contributed by atoms with Crippen LogP contribution in [0.25, 0.3) is 6.08 Å². The highest BCUT2D eigenvalue weighted by Crippen LogP contribution is 2.52. The lowest BCUT2D eigenvalue weighted by molar-refractivity contribution is -0.141. The smallest absolute Gasteiger partial charge is 0.455 e. The second-order valence-electron chi connectivity index (χ2n) is 12.2. The third kappa shape index (κ3) is 7.37. The Bertz CT molecular complexity index is 1250. The zero-order valence-electron chi connectivity index (χ0n) is 24.9. The number of unbranched alkanes of at least 4 members (excludes halogenated alkanes) is 2. The lowest BCUT2D eigenvalue weighted by atomic mass is 9.57. The van der Waals surface area contributed by atoms with Crippen molar-refractivity contribution in [1.82, 2.24) is 4.90 Å². The van der Waals surface area contributed by atoms with Crippen LogP contribution >= 0.6 is 15.9 Å². The van der Waals surface area contributed by atoms with Gasteiger partial charge in [-0.05, 0) is 80.5 Å². The maximum atomic E-state index is 13.7. The Hall–Kier alpha value is -2.43. The topological polar surface area (TPSA) is 124 Å². The molecule has 0 saturated carbocycles. The van der Waals surface area contributed by atoms with Crippen LogP contribution in [0.2, 0.25) is 6.32 Å². The van der Waals surface area contributed by atoms with E-state index in [-0.39, 0.29) is 48.2 Å². The summed E-state index contributed by atoms with van der Waals surface area (Å²) in [5.74, 6) is -1.94. The van der Waals surface area contributed by atoms with Gasteiger partial charge in [0.05, 0.1) is 17.9 Å². The second-order valence-corrected chi connectivity index (χ2v) is 13.1. The number of imide groups is 1. The number of nitrogens with zero attached hydrogens (tertiary/aromatic N) is 1. The van der Waals surface area contributed by atoms with Crippen LogP contribution in [0.1, 0.15) is 84.1 Å². The standard InChI is InChI=1S/C32H43BBrNO7/c1-4-8-20(15-21-16-22(34)11-12-26(21)36)10-13-27-29-23(19(2)3)17-24-30(25(29)18-33(41)42-27)32(40)35(31(24)39)14-7-5-6-9-28(37)38/h11-12,15-16,19,24-25,27,30,36,41H,4-10,13-14,17-18H2,1-3H3,(H,37,38)/b20-15+/t24-,25+,27-,30-/m1/s1. The number of benzene rings is 1. The van der Waals surface area contributed by atoms with Gasteiger partial charge in [-0.15, -0.1) is 0 Å². The van der Waals surface area contributed by atoms with E-state index >= 15 is 0 Å². The fraction of sp³-hybridized carbons (Fsp3) is 0.594. The molecule has 4 rings (SSSR count). The molecule has 2 aliphatic heterocycles. The van der Waals surface area contributed by atoms with Gasteiger partial charge in [-0.1, -0.05) is 66.8 Å². The Morgan fingerprint density at radius 3 is 2.60 bits per heavy atom. The molecule has 8 nitrogen and oxygen atoms in total. The van der Waals surface area contributed by atoms with E-state index < -0.39 is 24.9 Å². The lowest BCUT2D eigenvalue weighted by Crippen LogP contribution is -2.46. The molecule has 3 N–H and O–H groups in total. The Morgan fingerprint density at radius 1 is 1.14 bits per heavy atom. The number of carbonyl (C=O) groups is 3. The molecule has 42 heavy (non-hydrogen) atoms. The van der Waals surface area contributed by atoms with Crippen LogP contribution in [0.5, 0.6) is 5.75 Å². The van der Waals surface area contributed by atoms with E-state index in [1.165, 1.54) is 10.5 Å². The van der Waals surface area contributed by atoms with Crippen LogP contribution in [-0.4, -0.2) is 57.7 Å². The quantitative estimate of drug-likeness (QED) is 0.101. The van der Waals surface area contributed by atoms with Crippen LogP contribution in [-0.2, 0) is 19.0 Å². The van der Waals surface area contributed by atoms with Gasteiger partial charge >= 0.3 is 13.1 Å². The molecule has 2 fully saturated rings. The van der Waals surface area contributed by atoms with Crippen LogP contribution in [0.3, 0.4) is 0 Å². The van der Waals surface area contributed by atoms with Crippen molar-refractivity contribution < 1.29 is 34.3 Å². The molecule has 10 heteroatoms. The number of fused-ring (bicyclic) bond motifs is 3. The van der Waals surface area contributed by atoms with Crippen molar-refractivity contribution in [3.63, 3.8) is 0 Å². The summed E-state index contributed by atoms with van der Waals surface area (Å²) >= 11 is 3.48. The SMILES string of the molecule is CCC/C(=C\c1cc(Br)ccc1O)CC[C@H]1OB(O)C[C@H]2C1=C(C(C)C)C[C@H]1C(=O)N(CCCCCC(=O)O)C(=O)[C@H]12. The molecule has 3 aliphatic rings. The minimum absolute atomic E-state index is 0.0821. The molecule has 4 atom stereocenters. The first kappa shape index (κ1) is 32.5. The molecular formula is C32H43BBrNO7. The molecule has 2 saturated heterocycles. The van der Waals surface area contributed by atoms with E-state index in [4.69, 9.17) is 9.76 Å². The largest absolute Gasteiger partial charge is 0.507 e. The summed E-state index contributed by atoms with van der Waals surface area (Å²) in [7, 11) is -1.02. The maximum Gasteiger partial charge on any atom is 0.455 e. The third-order valence-electron chi connectivity index (χ3n) is 8.95. The number of phenols is 1. The minimum Gasteiger partial charge on any atom is -0.507 e. The van der Waals surface area contributed by atoms with Crippen molar-refractivity contribution in [2.45, 2.75) is 91.0 Å². The van der Waals surface area contributed by atoms with Gasteiger partial charge in [0.15, 0.2) is 0 Å². The van der Waals surface area contributed by atoms with Gasteiger partial charge in [-0.3, -0.25) is 19.3 Å². The summed E-state index contributed by atoms with van der Waals surface area (Å²) < 4.78 is 7.05. The van der Waals surface area contributed by atoms with Gasteiger partial charge in [0.1, 0.15) is 5.75 Å². The molecule has 2 amide bonds. The number of hydrogen-bond donors (Lipinski definition) is 3. The van der Waals surface area contributed by atoms with Gasteiger partial charge < -0.3 is 19.9 Å². The lowest BCUT2D eigenvalue weighted by Gasteiger charge is -2.44. The predicted octanol–water partition coefficient (Wildman–Crippen LogP) is 6.22. The van der Waals surface area contributed by atoms with Gasteiger partial charge in [0.2, 0.25) is 11.8 Å². The minimum atomic E-state index is -1.02. The van der Waals surface area contributed by atoms with Crippen molar-refractivity contribution in [3.05, 3.63) is 45.0 Å². The normalized spacial score (nSPS) is 24.5. The predicted molar refractivity (Wildman–Crippen MR) is 165 cm³/mol. The van der Waals surface area contributed by atoms with Crippen LogP contribution < -0.4 is 0 Å². The number of aromatic hydroxyl groups is 1. The first-order chi connectivity index (χ1) is 20.0. The molecule has 0 spiro atoms. The molecule has 228 valence electrons. The molecule has 0 unspecified atom stereocenters. The number of likely N-dealkylation sites (tertiary alicyclic amines) is 1. The Labute approximate surface area is 257 Å². The van der Waals surface area contributed by atoms with Crippen molar-refractivity contribution in [3.8, 4) is 5.75 Å². The molecule has 0 bridgehead atoms. The number of hydrogen-bond acceptors (Lipinski definition) is 6. The summed E-state index contributed by atoms with van der Waals surface area (Å²) in [6.07, 6.45) is 7.46. The van der Waals surface area contributed by atoms with Crippen molar-refractivity contribution >= 4 is 46.9 Å². The Morgan fingerprint density at radius 2 is 1.90 bits per heavy atom. The maximum absolute atomic E-state index is 13.7. The third-order valence-corrected chi connectivity index (χ3v) is 9.45. The highest BCUT2D eigenvalue weighted by molar-refractivity contribution is 9.10.